The number of fused-ring (bicyclic) bond motifs is 1. The van der Waals surface area contributed by atoms with Gasteiger partial charge in [0.25, 0.3) is 0 Å². The molecule has 4 rings (SSSR count). The molecule has 1 amide bonds. The predicted octanol–water partition coefficient (Wildman–Crippen LogP) is 4.34. The van der Waals surface area contributed by atoms with E-state index in [1.54, 1.807) is 0 Å². The van der Waals surface area contributed by atoms with Gasteiger partial charge in [-0.1, -0.05) is 48.5 Å². The second-order valence-corrected chi connectivity index (χ2v) is 8.60. The first-order valence-corrected chi connectivity index (χ1v) is 11.4. The van der Waals surface area contributed by atoms with Crippen molar-refractivity contribution in [2.75, 3.05) is 17.3 Å². The van der Waals surface area contributed by atoms with Gasteiger partial charge in [-0.15, -0.1) is 10.2 Å². The van der Waals surface area contributed by atoms with Crippen molar-refractivity contribution in [2.45, 2.75) is 50.1 Å². The lowest BCUT2D eigenvalue weighted by atomic mass is 10.0. The molecule has 1 aromatic heterocycles. The summed E-state index contributed by atoms with van der Waals surface area (Å²) in [7, 11) is 0. The van der Waals surface area contributed by atoms with E-state index in [4.69, 9.17) is 4.74 Å². The summed E-state index contributed by atoms with van der Waals surface area (Å²) < 4.78 is 7.50. The average molecular weight is 438 g/mol. The van der Waals surface area contributed by atoms with Crippen LogP contribution in [0.1, 0.15) is 43.3 Å². The number of benzene rings is 2. The fourth-order valence-corrected chi connectivity index (χ4v) is 4.62. The van der Waals surface area contributed by atoms with Crippen molar-refractivity contribution in [1.29, 1.82) is 0 Å². The molecule has 2 heterocycles. The topological polar surface area (TPSA) is 81.1 Å². The lowest BCUT2D eigenvalue weighted by Crippen LogP contribution is -2.41. The van der Waals surface area contributed by atoms with E-state index < -0.39 is 5.25 Å². The molecule has 7 nitrogen and oxygen atoms in total. The predicted molar refractivity (Wildman–Crippen MR) is 123 cm³/mol. The normalized spacial score (nSPS) is 17.5. The molecule has 162 valence electrons. The zero-order valence-electron chi connectivity index (χ0n) is 18.0. The number of aryl methyl sites for hydroxylation is 2. The molecule has 0 spiro atoms. The molecule has 2 unspecified atom stereocenters. The summed E-state index contributed by atoms with van der Waals surface area (Å²) >= 11 is 1.44. The summed E-state index contributed by atoms with van der Waals surface area (Å²) in [6.45, 7) is 6.71. The van der Waals surface area contributed by atoms with Gasteiger partial charge in [0.15, 0.2) is 5.82 Å². The minimum atomic E-state index is -0.412. The summed E-state index contributed by atoms with van der Waals surface area (Å²) in [4.78, 5) is 13.3. The van der Waals surface area contributed by atoms with Crippen LogP contribution in [-0.4, -0.2) is 32.6 Å². The molecule has 1 aliphatic heterocycles. The van der Waals surface area contributed by atoms with E-state index in [0.717, 1.165) is 41.2 Å². The number of nitrogens with one attached hydrogen (secondary N) is 2. The lowest BCUT2D eigenvalue weighted by Gasteiger charge is -2.33. The molecule has 2 aromatic carbocycles. The Bertz CT molecular complexity index is 1030. The van der Waals surface area contributed by atoms with Crippen molar-refractivity contribution in [1.82, 2.24) is 14.9 Å². The standard InChI is InChI=1S/C23H27N5O2S/c1-4-6-19-25-26-23-28(19)27-20(16-9-13-18(14-10-16)30-5-2)21(31-23)22(29)24-17-11-7-15(3)8-12-17/h7-14,20-21,27H,4-6H2,1-3H3,(H,24,29). The molecule has 0 aliphatic carbocycles. The van der Waals surface area contributed by atoms with Gasteiger partial charge in [0, 0.05) is 12.1 Å². The largest absolute Gasteiger partial charge is 0.494 e. The maximum Gasteiger partial charge on any atom is 0.240 e. The number of hydrogen-bond donors (Lipinski definition) is 2. The van der Waals surface area contributed by atoms with Crippen molar-refractivity contribution in [3.63, 3.8) is 0 Å². The molecule has 2 atom stereocenters. The van der Waals surface area contributed by atoms with E-state index in [2.05, 4.69) is 27.9 Å². The molecule has 1 aliphatic rings. The fourth-order valence-electron chi connectivity index (χ4n) is 3.52. The Morgan fingerprint density at radius 1 is 1.13 bits per heavy atom. The summed E-state index contributed by atoms with van der Waals surface area (Å²) in [5.74, 6) is 1.61. The quantitative estimate of drug-likeness (QED) is 0.572. The monoisotopic (exact) mass is 437 g/mol. The van der Waals surface area contributed by atoms with Gasteiger partial charge in [0.05, 0.1) is 12.6 Å². The maximum absolute atomic E-state index is 13.3. The van der Waals surface area contributed by atoms with Crippen LogP contribution in [0.15, 0.2) is 53.7 Å². The summed E-state index contributed by atoms with van der Waals surface area (Å²) in [5, 5.41) is 12.0. The number of ether oxygens (including phenoxy) is 1. The Labute approximate surface area is 186 Å². The number of carbonyl (C=O) groups is 1. The Balaban J connectivity index is 1.64. The Morgan fingerprint density at radius 2 is 1.87 bits per heavy atom. The minimum absolute atomic E-state index is 0.0773. The van der Waals surface area contributed by atoms with E-state index in [9.17, 15) is 4.79 Å². The van der Waals surface area contributed by atoms with E-state index in [0.29, 0.717) is 11.8 Å². The third-order valence-corrected chi connectivity index (χ3v) is 6.32. The van der Waals surface area contributed by atoms with Crippen LogP contribution in [0.3, 0.4) is 0 Å². The van der Waals surface area contributed by atoms with Crippen molar-refractivity contribution < 1.29 is 9.53 Å². The van der Waals surface area contributed by atoms with Crippen LogP contribution < -0.4 is 15.5 Å². The fraction of sp³-hybridized carbons (Fsp3) is 0.348. The number of aromatic nitrogens is 3. The van der Waals surface area contributed by atoms with E-state index in [1.165, 1.54) is 11.8 Å². The molecule has 0 bridgehead atoms. The van der Waals surface area contributed by atoms with Gasteiger partial charge in [0.2, 0.25) is 11.1 Å². The highest BCUT2D eigenvalue weighted by Gasteiger charge is 2.37. The summed E-state index contributed by atoms with van der Waals surface area (Å²) in [5.41, 5.74) is 6.42. The van der Waals surface area contributed by atoms with Crippen molar-refractivity contribution in [3.8, 4) is 5.75 Å². The maximum atomic E-state index is 13.3. The van der Waals surface area contributed by atoms with Gasteiger partial charge in [-0.05, 0) is 50.1 Å². The minimum Gasteiger partial charge on any atom is -0.494 e. The average Bonchev–Trinajstić information content (AvgIpc) is 3.17. The van der Waals surface area contributed by atoms with Gasteiger partial charge in [0.1, 0.15) is 11.0 Å². The van der Waals surface area contributed by atoms with Crippen molar-refractivity contribution >= 4 is 23.4 Å². The number of nitrogens with zero attached hydrogens (tertiary/aromatic N) is 3. The third-order valence-electron chi connectivity index (χ3n) is 5.11. The number of carbonyl (C=O) groups excluding carboxylic acids is 1. The summed E-state index contributed by atoms with van der Waals surface area (Å²) in [6.07, 6.45) is 1.78. The van der Waals surface area contributed by atoms with Crippen LogP contribution in [0.25, 0.3) is 0 Å². The van der Waals surface area contributed by atoms with Crippen LogP contribution in [-0.2, 0) is 11.2 Å². The number of amides is 1. The van der Waals surface area contributed by atoms with E-state index >= 15 is 0 Å². The SMILES string of the molecule is CCCc1nnc2n1NC(c1ccc(OCC)cc1)C(C(=O)Nc1ccc(C)cc1)S2. The van der Waals surface area contributed by atoms with Gasteiger partial charge < -0.3 is 15.5 Å². The Kier molecular flexibility index (Phi) is 6.46. The molecule has 0 saturated heterocycles. The molecular weight excluding hydrogens is 410 g/mol. The van der Waals surface area contributed by atoms with Crippen LogP contribution in [0.5, 0.6) is 5.75 Å². The Hall–Kier alpha value is -3.00. The van der Waals surface area contributed by atoms with Crippen LogP contribution in [0.2, 0.25) is 0 Å². The molecule has 31 heavy (non-hydrogen) atoms. The highest BCUT2D eigenvalue weighted by atomic mass is 32.2. The lowest BCUT2D eigenvalue weighted by molar-refractivity contribution is -0.116. The Morgan fingerprint density at radius 3 is 2.55 bits per heavy atom. The molecule has 0 saturated carbocycles. The number of anilines is 1. The van der Waals surface area contributed by atoms with Crippen LogP contribution in [0.4, 0.5) is 5.69 Å². The van der Waals surface area contributed by atoms with E-state index in [1.807, 2.05) is 67.1 Å². The molecule has 0 fully saturated rings. The van der Waals surface area contributed by atoms with Crippen molar-refractivity contribution in [2.24, 2.45) is 0 Å². The molecular formula is C23H27N5O2S. The van der Waals surface area contributed by atoms with Gasteiger partial charge in [-0.25, -0.2) is 4.68 Å². The van der Waals surface area contributed by atoms with Crippen LogP contribution in [0, 0.1) is 6.92 Å². The van der Waals surface area contributed by atoms with Crippen molar-refractivity contribution in [3.05, 3.63) is 65.5 Å². The first-order chi connectivity index (χ1) is 15.1. The van der Waals surface area contributed by atoms with Gasteiger partial charge >= 0.3 is 0 Å². The molecule has 0 radical (unpaired) electrons. The highest BCUT2D eigenvalue weighted by Crippen LogP contribution is 2.38. The third kappa shape index (κ3) is 4.69. The zero-order valence-corrected chi connectivity index (χ0v) is 18.8. The number of rotatable bonds is 7. The van der Waals surface area contributed by atoms with E-state index in [-0.39, 0.29) is 11.9 Å². The summed E-state index contributed by atoms with van der Waals surface area (Å²) in [6, 6.07) is 15.4. The number of thioether (sulfide) groups is 1. The molecule has 8 heteroatoms. The van der Waals surface area contributed by atoms with Gasteiger partial charge in [-0.3, -0.25) is 4.79 Å². The first kappa shape index (κ1) is 21.2. The highest BCUT2D eigenvalue weighted by molar-refractivity contribution is 8.00. The smallest absolute Gasteiger partial charge is 0.240 e. The molecule has 2 N–H and O–H groups in total. The second-order valence-electron chi connectivity index (χ2n) is 7.49. The molecule has 3 aromatic rings. The van der Waals surface area contributed by atoms with Crippen LogP contribution >= 0.6 is 11.8 Å². The first-order valence-electron chi connectivity index (χ1n) is 10.6. The van der Waals surface area contributed by atoms with Gasteiger partial charge in [-0.2, -0.15) is 0 Å². The zero-order chi connectivity index (χ0) is 21.8. The number of hydrogen-bond acceptors (Lipinski definition) is 6. The second kappa shape index (κ2) is 9.43.